The molecule has 3 nitrogen and oxygen atoms in total. The van der Waals surface area contributed by atoms with Gasteiger partial charge in [-0.25, -0.2) is 0 Å². The highest BCUT2D eigenvalue weighted by Crippen LogP contribution is 2.45. The average molecular weight is 518 g/mol. The number of aromatic nitrogens is 1. The maximum absolute atomic E-state index is 9.68. The van der Waals surface area contributed by atoms with Gasteiger partial charge in [-0.2, -0.15) is 10.5 Å². The summed E-state index contributed by atoms with van der Waals surface area (Å²) in [4.78, 5) is 0. The second-order valence-electron chi connectivity index (χ2n) is 10.8. The molecule has 0 spiro atoms. The lowest BCUT2D eigenvalue weighted by molar-refractivity contribution is 1.36. The Labute approximate surface area is 234 Å². The van der Waals surface area contributed by atoms with Crippen LogP contribution >= 0.6 is 0 Å². The quantitative estimate of drug-likeness (QED) is 0.204. The van der Waals surface area contributed by atoms with Crippen molar-refractivity contribution in [1.82, 2.24) is 4.40 Å². The molecule has 0 saturated heterocycles. The summed E-state index contributed by atoms with van der Waals surface area (Å²) in [5.41, 5.74) is 6.69. The molecule has 0 N–H and O–H groups in total. The van der Waals surface area contributed by atoms with Gasteiger partial charge in [0, 0.05) is 21.5 Å². The van der Waals surface area contributed by atoms with Crippen molar-refractivity contribution in [3.8, 4) is 23.3 Å². The molecule has 2 heterocycles. The smallest absolute Gasteiger partial charge is 0.0992 e. The van der Waals surface area contributed by atoms with Crippen molar-refractivity contribution >= 4 is 70.4 Å². The van der Waals surface area contributed by atoms with Crippen LogP contribution in [0.4, 0.5) is 0 Å². The molecule has 0 aliphatic heterocycles. The summed E-state index contributed by atoms with van der Waals surface area (Å²) in [5.74, 6) is 0. The van der Waals surface area contributed by atoms with Crippen LogP contribution in [0.15, 0.2) is 115 Å². The highest BCUT2D eigenvalue weighted by atomic mass is 14.9. The Balaban J connectivity index is 1.49. The van der Waals surface area contributed by atoms with Crippen LogP contribution in [-0.2, 0) is 0 Å². The molecular weight excluding hydrogens is 498 g/mol. The molecule has 3 heteroatoms. The van der Waals surface area contributed by atoms with Crippen LogP contribution in [0.2, 0.25) is 0 Å². The highest BCUT2D eigenvalue weighted by molar-refractivity contribution is 6.30. The van der Waals surface area contributed by atoms with E-state index in [4.69, 9.17) is 0 Å². The Morgan fingerprint density at radius 1 is 0.439 bits per heavy atom. The molecule has 0 aliphatic carbocycles. The van der Waals surface area contributed by atoms with E-state index in [1.54, 1.807) is 0 Å². The van der Waals surface area contributed by atoms with Gasteiger partial charge in [-0.3, -0.25) is 0 Å². The van der Waals surface area contributed by atoms with Crippen molar-refractivity contribution < 1.29 is 0 Å². The Kier molecular flexibility index (Phi) is 4.19. The second kappa shape index (κ2) is 7.82. The van der Waals surface area contributed by atoms with Gasteiger partial charge in [0.25, 0.3) is 0 Å². The lowest BCUT2D eigenvalue weighted by atomic mass is 9.89. The molecule has 0 bridgehead atoms. The lowest BCUT2D eigenvalue weighted by Gasteiger charge is -2.14. The van der Waals surface area contributed by atoms with E-state index < -0.39 is 0 Å². The minimum Gasteiger partial charge on any atom is -0.308 e. The van der Waals surface area contributed by atoms with Crippen molar-refractivity contribution in [3.05, 3.63) is 126 Å². The number of hydrogen-bond donors (Lipinski definition) is 0. The van der Waals surface area contributed by atoms with E-state index >= 15 is 0 Å². The third kappa shape index (κ3) is 2.80. The molecule has 0 saturated carbocycles. The maximum atomic E-state index is 9.68. The van der Waals surface area contributed by atoms with Gasteiger partial charge in [-0.15, -0.1) is 0 Å². The molecule has 0 radical (unpaired) electrons. The zero-order valence-electron chi connectivity index (χ0n) is 21.8. The molecule has 9 aromatic rings. The standard InChI is InChI=1S/C38H19N3/c39-20-22-12-14-29-33-18-24(19-34-30-15-13-23(21-40)17-36(30)41(38(33)34)35(29)16-22)25-10-5-11-32-28-7-2-1-6-26(28)27-8-3-4-9-31(27)37(25)32/h1-19H. The van der Waals surface area contributed by atoms with Gasteiger partial charge in [0.2, 0.25) is 0 Å². The van der Waals surface area contributed by atoms with Crippen LogP contribution in [0, 0.1) is 22.7 Å². The molecule has 0 atom stereocenters. The zero-order valence-corrected chi connectivity index (χ0v) is 21.8. The van der Waals surface area contributed by atoms with E-state index in [0.717, 1.165) is 43.7 Å². The summed E-state index contributed by atoms with van der Waals surface area (Å²) >= 11 is 0. The van der Waals surface area contributed by atoms with Gasteiger partial charge < -0.3 is 4.40 Å². The minimum absolute atomic E-state index is 0.621. The zero-order chi connectivity index (χ0) is 27.2. The topological polar surface area (TPSA) is 52.0 Å². The molecule has 0 amide bonds. The fourth-order valence-electron chi connectivity index (χ4n) is 7.04. The summed E-state index contributed by atoms with van der Waals surface area (Å²) in [6.45, 7) is 0. The van der Waals surface area contributed by atoms with Gasteiger partial charge in [0.1, 0.15) is 0 Å². The summed E-state index contributed by atoms with van der Waals surface area (Å²) in [7, 11) is 0. The number of rotatable bonds is 1. The van der Waals surface area contributed by atoms with Crippen molar-refractivity contribution in [2.75, 3.05) is 0 Å². The van der Waals surface area contributed by atoms with E-state index in [0.29, 0.717) is 11.1 Å². The number of benzene rings is 7. The van der Waals surface area contributed by atoms with Crippen molar-refractivity contribution in [2.24, 2.45) is 0 Å². The predicted molar refractivity (Wildman–Crippen MR) is 168 cm³/mol. The SMILES string of the molecule is N#Cc1ccc2c3cc(-c4cccc5c6ccccc6c6ccccc6c45)cc4c5ccc(C#N)cc5n(c2c1)c34. The Bertz CT molecular complexity index is 2510. The molecule has 0 aliphatic rings. The van der Waals surface area contributed by atoms with E-state index in [2.05, 4.69) is 108 Å². The summed E-state index contributed by atoms with van der Waals surface area (Å²) in [6, 6.07) is 45.1. The molecule has 186 valence electrons. The number of nitriles is 2. The Morgan fingerprint density at radius 3 is 1.46 bits per heavy atom. The second-order valence-corrected chi connectivity index (χ2v) is 10.8. The largest absolute Gasteiger partial charge is 0.308 e. The van der Waals surface area contributed by atoms with Crippen molar-refractivity contribution in [3.63, 3.8) is 0 Å². The van der Waals surface area contributed by atoms with Crippen molar-refractivity contribution in [1.29, 1.82) is 10.5 Å². The summed E-state index contributed by atoms with van der Waals surface area (Å²) in [6.07, 6.45) is 0. The predicted octanol–water partition coefficient (Wildman–Crippen LogP) is 9.71. The molecule has 0 unspecified atom stereocenters. The van der Waals surface area contributed by atoms with Gasteiger partial charge in [-0.1, -0.05) is 78.9 Å². The van der Waals surface area contributed by atoms with Crippen LogP contribution in [0.1, 0.15) is 11.1 Å². The molecular formula is C38H19N3. The van der Waals surface area contributed by atoms with Crippen LogP contribution in [-0.4, -0.2) is 4.40 Å². The normalized spacial score (nSPS) is 11.9. The van der Waals surface area contributed by atoms with Crippen LogP contribution in [0.3, 0.4) is 0 Å². The third-order valence-corrected chi connectivity index (χ3v) is 8.73. The van der Waals surface area contributed by atoms with E-state index in [9.17, 15) is 10.5 Å². The highest BCUT2D eigenvalue weighted by Gasteiger charge is 2.21. The van der Waals surface area contributed by atoms with Crippen LogP contribution in [0.25, 0.3) is 81.5 Å². The van der Waals surface area contributed by atoms with E-state index in [-0.39, 0.29) is 0 Å². The first-order valence-electron chi connectivity index (χ1n) is 13.6. The van der Waals surface area contributed by atoms with Gasteiger partial charge in [0.05, 0.1) is 39.8 Å². The maximum Gasteiger partial charge on any atom is 0.0992 e. The Morgan fingerprint density at radius 2 is 0.927 bits per heavy atom. The third-order valence-electron chi connectivity index (χ3n) is 8.73. The molecule has 41 heavy (non-hydrogen) atoms. The van der Waals surface area contributed by atoms with Crippen LogP contribution < -0.4 is 0 Å². The monoisotopic (exact) mass is 517 g/mol. The fourth-order valence-corrected chi connectivity index (χ4v) is 7.04. The van der Waals surface area contributed by atoms with E-state index in [1.165, 1.54) is 37.9 Å². The van der Waals surface area contributed by atoms with Crippen molar-refractivity contribution in [2.45, 2.75) is 0 Å². The van der Waals surface area contributed by atoms with Gasteiger partial charge >= 0.3 is 0 Å². The average Bonchev–Trinajstić information content (AvgIpc) is 3.55. The Hall–Kier alpha value is -5.90. The van der Waals surface area contributed by atoms with Crippen LogP contribution in [0.5, 0.6) is 0 Å². The molecule has 2 aromatic heterocycles. The fraction of sp³-hybridized carbons (Fsp3) is 0. The van der Waals surface area contributed by atoms with Gasteiger partial charge in [-0.05, 0) is 79.8 Å². The first kappa shape index (κ1) is 22.0. The first-order valence-corrected chi connectivity index (χ1v) is 13.6. The number of fused-ring (bicyclic) bond motifs is 12. The van der Waals surface area contributed by atoms with E-state index in [1.807, 2.05) is 24.3 Å². The molecule has 9 rings (SSSR count). The first-order chi connectivity index (χ1) is 20.2. The summed E-state index contributed by atoms with van der Waals surface area (Å²) in [5, 5.41) is 31.4. The lowest BCUT2D eigenvalue weighted by Crippen LogP contribution is -1.87. The number of nitrogens with zero attached hydrogens (tertiary/aromatic N) is 3. The molecule has 7 aromatic carbocycles. The minimum atomic E-state index is 0.621. The number of hydrogen-bond acceptors (Lipinski definition) is 2. The summed E-state index contributed by atoms with van der Waals surface area (Å²) < 4.78 is 2.23. The van der Waals surface area contributed by atoms with Gasteiger partial charge in [0.15, 0.2) is 0 Å². The molecule has 0 fully saturated rings.